The van der Waals surface area contributed by atoms with E-state index in [4.69, 9.17) is 11.6 Å². The lowest BCUT2D eigenvalue weighted by molar-refractivity contribution is 0.589. The van der Waals surface area contributed by atoms with Crippen molar-refractivity contribution < 1.29 is 4.39 Å². The van der Waals surface area contributed by atoms with Crippen molar-refractivity contribution >= 4 is 22.6 Å². The number of fused-ring (bicyclic) bond motifs is 1. The molecule has 0 saturated heterocycles. The molecule has 4 heteroatoms. The third-order valence-corrected chi connectivity index (χ3v) is 1.81. The minimum Gasteiger partial charge on any atom is -0.255 e. The summed E-state index contributed by atoms with van der Waals surface area (Å²) in [5, 5.41) is 0.416. The van der Waals surface area contributed by atoms with Crippen LogP contribution in [0.5, 0.6) is 0 Å². The molecule has 0 unspecified atom stereocenters. The van der Waals surface area contributed by atoms with Crippen LogP contribution in [0.3, 0.4) is 0 Å². The van der Waals surface area contributed by atoms with Crippen LogP contribution in [-0.2, 0) is 0 Å². The number of aromatic nitrogens is 2. The molecule has 0 N–H and O–H groups in total. The van der Waals surface area contributed by atoms with Gasteiger partial charge in [-0.25, -0.2) is 4.98 Å². The number of rotatable bonds is 0. The Morgan fingerprint density at radius 1 is 1.25 bits per heavy atom. The van der Waals surface area contributed by atoms with Gasteiger partial charge in [-0.15, -0.1) is 0 Å². The van der Waals surface area contributed by atoms with Crippen molar-refractivity contribution in [2.75, 3.05) is 0 Å². The van der Waals surface area contributed by atoms with E-state index >= 15 is 0 Å². The van der Waals surface area contributed by atoms with Gasteiger partial charge in [-0.3, -0.25) is 4.98 Å². The standard InChI is InChI=1S/C8H4ClFN2/c9-5-3-4-11-6-1-2-7(10)12-8(5)6/h1-4H. The van der Waals surface area contributed by atoms with Crippen molar-refractivity contribution in [3.05, 3.63) is 35.4 Å². The zero-order valence-corrected chi connectivity index (χ0v) is 6.72. The highest BCUT2D eigenvalue weighted by molar-refractivity contribution is 6.34. The van der Waals surface area contributed by atoms with Crippen molar-refractivity contribution in [3.63, 3.8) is 0 Å². The molecule has 0 spiro atoms. The second kappa shape index (κ2) is 2.68. The van der Waals surface area contributed by atoms with Crippen LogP contribution in [-0.4, -0.2) is 9.97 Å². The number of nitrogens with zero attached hydrogens (tertiary/aromatic N) is 2. The topological polar surface area (TPSA) is 25.8 Å². The van der Waals surface area contributed by atoms with Crippen LogP contribution in [0.15, 0.2) is 24.4 Å². The maximum atomic E-state index is 12.6. The molecule has 0 aliphatic rings. The van der Waals surface area contributed by atoms with Gasteiger partial charge in [-0.2, -0.15) is 4.39 Å². The summed E-state index contributed by atoms with van der Waals surface area (Å²) in [4.78, 5) is 7.58. The summed E-state index contributed by atoms with van der Waals surface area (Å²) in [5.41, 5.74) is 1.00. The SMILES string of the molecule is Fc1ccc2nccc(Cl)c2n1. The molecule has 2 aromatic heterocycles. The zero-order valence-electron chi connectivity index (χ0n) is 5.96. The second-order valence-electron chi connectivity index (χ2n) is 2.29. The van der Waals surface area contributed by atoms with E-state index in [1.54, 1.807) is 18.3 Å². The molecular weight excluding hydrogens is 179 g/mol. The van der Waals surface area contributed by atoms with Crippen molar-refractivity contribution in [1.82, 2.24) is 9.97 Å². The van der Waals surface area contributed by atoms with Crippen LogP contribution in [0.4, 0.5) is 4.39 Å². The third kappa shape index (κ3) is 1.12. The summed E-state index contributed by atoms with van der Waals surface area (Å²) in [5.74, 6) is -0.544. The monoisotopic (exact) mass is 182 g/mol. The Balaban J connectivity index is 2.88. The Labute approximate surface area is 73.0 Å². The Morgan fingerprint density at radius 3 is 2.92 bits per heavy atom. The Bertz CT molecular complexity index is 430. The average molecular weight is 183 g/mol. The van der Waals surface area contributed by atoms with E-state index in [1.165, 1.54) is 6.07 Å². The van der Waals surface area contributed by atoms with E-state index in [9.17, 15) is 4.39 Å². The summed E-state index contributed by atoms with van der Waals surface area (Å²) in [6.07, 6.45) is 1.56. The van der Waals surface area contributed by atoms with Crippen LogP contribution in [0.25, 0.3) is 11.0 Å². The van der Waals surface area contributed by atoms with E-state index in [1.807, 2.05) is 0 Å². The highest BCUT2D eigenvalue weighted by Gasteiger charge is 2.01. The van der Waals surface area contributed by atoms with Crippen molar-refractivity contribution in [2.24, 2.45) is 0 Å². The normalized spacial score (nSPS) is 10.5. The molecule has 2 aromatic rings. The van der Waals surface area contributed by atoms with Crippen molar-refractivity contribution in [2.45, 2.75) is 0 Å². The molecule has 0 atom stereocenters. The quantitative estimate of drug-likeness (QED) is 0.585. The van der Waals surface area contributed by atoms with E-state index in [2.05, 4.69) is 9.97 Å². The van der Waals surface area contributed by atoms with Crippen molar-refractivity contribution in [3.8, 4) is 0 Å². The van der Waals surface area contributed by atoms with E-state index in [0.29, 0.717) is 16.1 Å². The first-order valence-corrected chi connectivity index (χ1v) is 3.72. The number of halogens is 2. The van der Waals surface area contributed by atoms with Gasteiger partial charge in [0.2, 0.25) is 5.95 Å². The molecule has 12 heavy (non-hydrogen) atoms. The first-order valence-electron chi connectivity index (χ1n) is 3.34. The summed E-state index contributed by atoms with van der Waals surface area (Å²) < 4.78 is 12.6. The van der Waals surface area contributed by atoms with Crippen LogP contribution >= 0.6 is 11.6 Å². The summed E-state index contributed by atoms with van der Waals surface area (Å²) in [6.45, 7) is 0. The van der Waals surface area contributed by atoms with Gasteiger partial charge in [0.25, 0.3) is 0 Å². The molecule has 0 radical (unpaired) electrons. The summed E-state index contributed by atoms with van der Waals surface area (Å²) in [6, 6.07) is 4.38. The lowest BCUT2D eigenvalue weighted by atomic mass is 10.3. The molecule has 2 rings (SSSR count). The van der Waals surface area contributed by atoms with Crippen LogP contribution in [0.2, 0.25) is 5.02 Å². The second-order valence-corrected chi connectivity index (χ2v) is 2.70. The van der Waals surface area contributed by atoms with Gasteiger partial charge in [0.05, 0.1) is 10.5 Å². The summed E-state index contributed by atoms with van der Waals surface area (Å²) >= 11 is 5.76. The molecule has 0 fully saturated rings. The molecule has 0 bridgehead atoms. The molecular formula is C8H4ClFN2. The smallest absolute Gasteiger partial charge is 0.213 e. The van der Waals surface area contributed by atoms with Gasteiger partial charge in [0, 0.05) is 6.20 Å². The predicted octanol–water partition coefficient (Wildman–Crippen LogP) is 2.42. The third-order valence-electron chi connectivity index (χ3n) is 1.50. The highest BCUT2D eigenvalue weighted by Crippen LogP contribution is 2.18. The van der Waals surface area contributed by atoms with E-state index in [-0.39, 0.29) is 0 Å². The first-order chi connectivity index (χ1) is 5.77. The van der Waals surface area contributed by atoms with Gasteiger partial charge >= 0.3 is 0 Å². The van der Waals surface area contributed by atoms with Crippen LogP contribution in [0.1, 0.15) is 0 Å². The molecule has 0 aromatic carbocycles. The largest absolute Gasteiger partial charge is 0.255 e. The molecule has 0 aliphatic heterocycles. The Morgan fingerprint density at radius 2 is 2.08 bits per heavy atom. The fraction of sp³-hybridized carbons (Fsp3) is 0. The number of hydrogen-bond acceptors (Lipinski definition) is 2. The Kier molecular flexibility index (Phi) is 1.66. The zero-order chi connectivity index (χ0) is 8.55. The molecule has 0 aliphatic carbocycles. The molecule has 2 heterocycles. The van der Waals surface area contributed by atoms with Crippen LogP contribution in [0, 0.1) is 5.95 Å². The molecule has 0 saturated carbocycles. The van der Waals surface area contributed by atoms with Gasteiger partial charge in [0.15, 0.2) is 0 Å². The lowest BCUT2D eigenvalue weighted by Crippen LogP contribution is -1.86. The molecule has 60 valence electrons. The number of pyridine rings is 2. The molecule has 2 nitrogen and oxygen atoms in total. The minimum atomic E-state index is -0.544. The summed E-state index contributed by atoms with van der Waals surface area (Å²) in [7, 11) is 0. The van der Waals surface area contributed by atoms with Crippen LogP contribution < -0.4 is 0 Å². The number of hydrogen-bond donors (Lipinski definition) is 0. The Hall–Kier alpha value is -1.22. The maximum absolute atomic E-state index is 12.6. The van der Waals surface area contributed by atoms with E-state index in [0.717, 1.165) is 0 Å². The van der Waals surface area contributed by atoms with Gasteiger partial charge in [-0.1, -0.05) is 11.6 Å². The fourth-order valence-electron chi connectivity index (χ4n) is 0.970. The van der Waals surface area contributed by atoms with Gasteiger partial charge in [-0.05, 0) is 18.2 Å². The highest BCUT2D eigenvalue weighted by atomic mass is 35.5. The van der Waals surface area contributed by atoms with Gasteiger partial charge in [0.1, 0.15) is 5.52 Å². The minimum absolute atomic E-state index is 0.402. The maximum Gasteiger partial charge on any atom is 0.213 e. The first kappa shape index (κ1) is 7.43. The lowest BCUT2D eigenvalue weighted by Gasteiger charge is -1.96. The predicted molar refractivity (Wildman–Crippen MR) is 44.5 cm³/mol. The molecule has 0 amide bonds. The van der Waals surface area contributed by atoms with Crippen molar-refractivity contribution in [1.29, 1.82) is 0 Å². The van der Waals surface area contributed by atoms with Gasteiger partial charge < -0.3 is 0 Å². The van der Waals surface area contributed by atoms with E-state index < -0.39 is 5.95 Å². The average Bonchev–Trinajstić information content (AvgIpc) is 2.07. The fourth-order valence-corrected chi connectivity index (χ4v) is 1.17.